The molecule has 24 heavy (non-hydrogen) atoms. The summed E-state index contributed by atoms with van der Waals surface area (Å²) in [5, 5.41) is 19.7. The molecule has 2 rings (SSSR count). The van der Waals surface area contributed by atoms with Crippen LogP contribution >= 0.6 is 0 Å². The smallest absolute Gasteiger partial charge is 0.243 e. The fourth-order valence-corrected chi connectivity index (χ4v) is 3.80. The molecule has 0 radical (unpaired) electrons. The Morgan fingerprint density at radius 3 is 2.71 bits per heavy atom. The van der Waals surface area contributed by atoms with E-state index in [2.05, 4.69) is 10.5 Å². The van der Waals surface area contributed by atoms with E-state index in [1.165, 1.54) is 10.4 Å². The lowest BCUT2D eigenvalue weighted by Crippen LogP contribution is -2.40. The van der Waals surface area contributed by atoms with Crippen LogP contribution in [0.5, 0.6) is 0 Å². The fourth-order valence-electron chi connectivity index (χ4n) is 2.14. The number of rotatable bonds is 5. The average molecular weight is 350 g/mol. The molecule has 128 valence electrons. The number of nitrogens with zero attached hydrogens (tertiary/aromatic N) is 3. The van der Waals surface area contributed by atoms with E-state index in [0.717, 1.165) is 0 Å². The Morgan fingerprint density at radius 1 is 1.46 bits per heavy atom. The third-order valence-corrected chi connectivity index (χ3v) is 5.47. The van der Waals surface area contributed by atoms with Crippen molar-refractivity contribution in [2.45, 2.75) is 11.8 Å². The molecule has 1 saturated heterocycles. The first-order chi connectivity index (χ1) is 11.4. The van der Waals surface area contributed by atoms with Crippen LogP contribution in [0.1, 0.15) is 5.56 Å². The summed E-state index contributed by atoms with van der Waals surface area (Å²) in [6.07, 6.45) is 0. The van der Waals surface area contributed by atoms with Gasteiger partial charge in [-0.3, -0.25) is 10.8 Å². The Bertz CT molecular complexity index is 806. The number of hydrogen-bond acceptors (Lipinski definition) is 7. The van der Waals surface area contributed by atoms with E-state index in [1.54, 1.807) is 25.1 Å². The zero-order valence-corrected chi connectivity index (χ0v) is 13.9. The van der Waals surface area contributed by atoms with Crippen LogP contribution in [0.25, 0.3) is 0 Å². The number of aryl methyl sites for hydroxylation is 1. The van der Waals surface area contributed by atoms with Crippen LogP contribution < -0.4 is 11.2 Å². The summed E-state index contributed by atoms with van der Waals surface area (Å²) >= 11 is 0. The van der Waals surface area contributed by atoms with E-state index in [9.17, 15) is 8.42 Å². The molecular weight excluding hydrogens is 332 g/mol. The second-order valence-electron chi connectivity index (χ2n) is 5.09. The first kappa shape index (κ1) is 17.9. The maximum absolute atomic E-state index is 12.8. The molecule has 0 aliphatic carbocycles. The van der Waals surface area contributed by atoms with E-state index >= 15 is 0 Å². The minimum atomic E-state index is -3.64. The van der Waals surface area contributed by atoms with Crippen LogP contribution in [0.4, 0.5) is 5.69 Å². The summed E-state index contributed by atoms with van der Waals surface area (Å²) < 4.78 is 32.1. The zero-order chi connectivity index (χ0) is 17.7. The zero-order valence-electron chi connectivity index (χ0n) is 13.1. The molecule has 0 spiro atoms. The minimum Gasteiger partial charge on any atom is -0.382 e. The van der Waals surface area contributed by atoms with Crippen molar-refractivity contribution in [2.24, 2.45) is 10.8 Å². The van der Waals surface area contributed by atoms with E-state index in [1.807, 2.05) is 0 Å². The molecule has 0 saturated carbocycles. The quantitative estimate of drug-likeness (QED) is 0.394. The number of morpholine rings is 1. The van der Waals surface area contributed by atoms with Gasteiger partial charge < -0.3 is 10.5 Å². The molecule has 0 bridgehead atoms. The standard InChI is InChI=1S/C14H18N6O3S/c1-10-2-3-11(18-19-12(9-15)14(16)17)8-13(10)24(21,22)20-4-6-23-7-5-20/h2-3,8,18H,4-7H2,1H3,(H3,16,17)/b19-12+. The van der Waals surface area contributed by atoms with Gasteiger partial charge in [0.15, 0.2) is 5.84 Å². The van der Waals surface area contributed by atoms with Crippen molar-refractivity contribution >= 4 is 27.3 Å². The molecule has 1 aliphatic rings. The maximum atomic E-state index is 12.8. The number of sulfonamides is 1. The van der Waals surface area contributed by atoms with Gasteiger partial charge in [0, 0.05) is 13.1 Å². The molecule has 0 amide bonds. The van der Waals surface area contributed by atoms with Gasteiger partial charge in [-0.15, -0.1) is 0 Å². The highest BCUT2D eigenvalue weighted by Gasteiger charge is 2.27. The molecule has 0 atom stereocenters. The first-order valence-electron chi connectivity index (χ1n) is 7.13. The monoisotopic (exact) mass is 350 g/mol. The lowest BCUT2D eigenvalue weighted by atomic mass is 10.2. The van der Waals surface area contributed by atoms with Crippen molar-refractivity contribution < 1.29 is 13.2 Å². The predicted octanol–water partition coefficient (Wildman–Crippen LogP) is 0.243. The molecular formula is C14H18N6O3S. The highest BCUT2D eigenvalue weighted by Crippen LogP contribution is 2.24. The van der Waals surface area contributed by atoms with Gasteiger partial charge in [0.1, 0.15) is 6.07 Å². The van der Waals surface area contributed by atoms with Crippen molar-refractivity contribution in [3.63, 3.8) is 0 Å². The van der Waals surface area contributed by atoms with Gasteiger partial charge in [-0.25, -0.2) is 8.42 Å². The number of nitriles is 1. The van der Waals surface area contributed by atoms with Gasteiger partial charge in [-0.2, -0.15) is 14.7 Å². The number of anilines is 1. The number of ether oxygens (including phenoxy) is 1. The first-order valence-corrected chi connectivity index (χ1v) is 8.57. The van der Waals surface area contributed by atoms with Gasteiger partial charge in [0.25, 0.3) is 0 Å². The number of nitrogens with two attached hydrogens (primary N) is 1. The van der Waals surface area contributed by atoms with Crippen molar-refractivity contribution in [3.05, 3.63) is 23.8 Å². The molecule has 1 fully saturated rings. The molecule has 1 aromatic rings. The number of hydrazone groups is 1. The van der Waals surface area contributed by atoms with Gasteiger partial charge in [0.2, 0.25) is 15.7 Å². The SMILES string of the molecule is Cc1ccc(N/N=C(\C#N)C(=N)N)cc1S(=O)(=O)N1CCOCC1. The third-order valence-electron chi connectivity index (χ3n) is 3.43. The molecule has 9 nitrogen and oxygen atoms in total. The predicted molar refractivity (Wildman–Crippen MR) is 89.3 cm³/mol. The summed E-state index contributed by atoms with van der Waals surface area (Å²) in [4.78, 5) is 0.158. The summed E-state index contributed by atoms with van der Waals surface area (Å²) in [5.74, 6) is -0.474. The minimum absolute atomic E-state index is 0.158. The highest BCUT2D eigenvalue weighted by molar-refractivity contribution is 7.89. The summed E-state index contributed by atoms with van der Waals surface area (Å²) in [7, 11) is -3.64. The normalized spacial score (nSPS) is 16.4. The van der Waals surface area contributed by atoms with Crippen molar-refractivity contribution in [1.29, 1.82) is 10.7 Å². The van der Waals surface area contributed by atoms with E-state index in [0.29, 0.717) is 37.6 Å². The van der Waals surface area contributed by atoms with Crippen molar-refractivity contribution in [1.82, 2.24) is 4.31 Å². The lowest BCUT2D eigenvalue weighted by Gasteiger charge is -2.26. The third kappa shape index (κ3) is 3.88. The molecule has 10 heteroatoms. The van der Waals surface area contributed by atoms with Crippen LogP contribution in [-0.2, 0) is 14.8 Å². The largest absolute Gasteiger partial charge is 0.382 e. The van der Waals surface area contributed by atoms with E-state index in [4.69, 9.17) is 21.1 Å². The molecule has 1 aromatic carbocycles. The van der Waals surface area contributed by atoms with Gasteiger partial charge >= 0.3 is 0 Å². The molecule has 0 aromatic heterocycles. The van der Waals surface area contributed by atoms with Gasteiger partial charge in [-0.05, 0) is 24.6 Å². The lowest BCUT2D eigenvalue weighted by molar-refractivity contribution is 0.0730. The maximum Gasteiger partial charge on any atom is 0.243 e. The van der Waals surface area contributed by atoms with Gasteiger partial charge in [0.05, 0.1) is 23.8 Å². The topological polar surface area (TPSA) is 145 Å². The van der Waals surface area contributed by atoms with Crippen LogP contribution in [0.2, 0.25) is 0 Å². The summed E-state index contributed by atoms with van der Waals surface area (Å²) in [5.41, 5.74) is 8.46. The Kier molecular flexibility index (Phi) is 5.50. The number of amidine groups is 1. The molecule has 1 heterocycles. The number of benzene rings is 1. The second-order valence-corrected chi connectivity index (χ2v) is 7.00. The fraction of sp³-hybridized carbons (Fsp3) is 0.357. The van der Waals surface area contributed by atoms with E-state index < -0.39 is 15.9 Å². The highest BCUT2D eigenvalue weighted by atomic mass is 32.2. The van der Waals surface area contributed by atoms with Gasteiger partial charge in [-0.1, -0.05) is 6.07 Å². The number of nitrogens with one attached hydrogen (secondary N) is 2. The summed E-state index contributed by atoms with van der Waals surface area (Å²) in [6.45, 7) is 3.05. The Labute approximate surface area is 140 Å². The Balaban J connectivity index is 2.32. The second kappa shape index (κ2) is 7.39. The van der Waals surface area contributed by atoms with Crippen LogP contribution in [0, 0.1) is 23.7 Å². The molecule has 0 unspecified atom stereocenters. The van der Waals surface area contributed by atoms with Crippen LogP contribution in [0.15, 0.2) is 28.2 Å². The number of hydrogen-bond donors (Lipinski definition) is 3. The summed E-state index contributed by atoms with van der Waals surface area (Å²) in [6, 6.07) is 6.40. The van der Waals surface area contributed by atoms with Crippen LogP contribution in [-0.4, -0.2) is 50.6 Å². The van der Waals surface area contributed by atoms with Crippen molar-refractivity contribution in [3.8, 4) is 6.07 Å². The molecule has 4 N–H and O–H groups in total. The Hall–Kier alpha value is -2.48. The molecule has 1 aliphatic heterocycles. The van der Waals surface area contributed by atoms with Crippen molar-refractivity contribution in [2.75, 3.05) is 31.7 Å². The van der Waals surface area contributed by atoms with Crippen LogP contribution in [0.3, 0.4) is 0 Å². The van der Waals surface area contributed by atoms with E-state index in [-0.39, 0.29) is 10.6 Å². The average Bonchev–Trinajstić information content (AvgIpc) is 2.57. The Morgan fingerprint density at radius 2 is 2.12 bits per heavy atom.